The molecule has 0 saturated heterocycles. The van der Waals surface area contributed by atoms with Gasteiger partial charge in [-0.25, -0.2) is 15.6 Å². The fourth-order valence-electron chi connectivity index (χ4n) is 0.810. The quantitative estimate of drug-likeness (QED) is 0.276. The molecule has 5 N–H and O–H groups in total. The molecule has 14 heavy (non-hydrogen) atoms. The molecule has 1 aromatic rings. The van der Waals surface area contributed by atoms with Gasteiger partial charge in [-0.1, -0.05) is 26.0 Å². The zero-order valence-electron chi connectivity index (χ0n) is 8.27. The van der Waals surface area contributed by atoms with Gasteiger partial charge in [0.05, 0.1) is 11.4 Å². The molecule has 0 unspecified atom stereocenters. The molecule has 0 fully saturated rings. The van der Waals surface area contributed by atoms with Crippen LogP contribution < -0.4 is 16.6 Å². The Labute approximate surface area is 82.9 Å². The molecular weight excluding hydrogens is 182 g/mol. The van der Waals surface area contributed by atoms with Crippen LogP contribution in [0.2, 0.25) is 0 Å². The summed E-state index contributed by atoms with van der Waals surface area (Å²) < 4.78 is 0. The topological polar surface area (TPSA) is 92.6 Å². The lowest BCUT2D eigenvalue weighted by Gasteiger charge is -2.13. The highest BCUT2D eigenvalue weighted by molar-refractivity contribution is 5.88. The minimum absolute atomic E-state index is 0.282. The molecular formula is C9H15N3O2. The van der Waals surface area contributed by atoms with Gasteiger partial charge in [0, 0.05) is 0 Å². The van der Waals surface area contributed by atoms with E-state index in [1.54, 1.807) is 18.2 Å². The molecule has 78 valence electrons. The number of nitrogens with two attached hydrogens (primary N) is 2. The van der Waals surface area contributed by atoms with Crippen LogP contribution in [0.15, 0.2) is 24.3 Å². The highest BCUT2D eigenvalue weighted by atomic mass is 16.4. The first-order valence-electron chi connectivity index (χ1n) is 4.25. The predicted octanol–water partition coefficient (Wildman–Crippen LogP) is 1.65. The van der Waals surface area contributed by atoms with Crippen LogP contribution in [0.4, 0.5) is 16.2 Å². The Morgan fingerprint density at radius 2 is 1.86 bits per heavy atom. The van der Waals surface area contributed by atoms with E-state index < -0.39 is 6.09 Å². The standard InChI is InChI=1S/C7H9N3O2.C2H6/c8-5-3-1-2-4-6(5)10(9)7(11)12;1-2/h1-4H,8-9H2,(H,11,12);1-2H3. The van der Waals surface area contributed by atoms with Gasteiger partial charge in [-0.3, -0.25) is 0 Å². The molecule has 1 aromatic carbocycles. The number of nitrogens with zero attached hydrogens (tertiary/aromatic N) is 1. The maximum Gasteiger partial charge on any atom is 0.426 e. The summed E-state index contributed by atoms with van der Waals surface area (Å²) >= 11 is 0. The van der Waals surface area contributed by atoms with Crippen molar-refractivity contribution in [3.63, 3.8) is 0 Å². The molecule has 5 nitrogen and oxygen atoms in total. The van der Waals surface area contributed by atoms with Gasteiger partial charge in [0.25, 0.3) is 0 Å². The first-order valence-corrected chi connectivity index (χ1v) is 4.25. The minimum Gasteiger partial charge on any atom is -0.464 e. The van der Waals surface area contributed by atoms with Crippen molar-refractivity contribution < 1.29 is 9.90 Å². The van der Waals surface area contributed by atoms with Crippen LogP contribution in [0.25, 0.3) is 0 Å². The average Bonchev–Trinajstić information content (AvgIpc) is 2.20. The zero-order chi connectivity index (χ0) is 11.1. The number of hydrazine groups is 1. The molecule has 0 spiro atoms. The van der Waals surface area contributed by atoms with E-state index >= 15 is 0 Å². The van der Waals surface area contributed by atoms with Gasteiger partial charge in [-0.05, 0) is 12.1 Å². The first-order chi connectivity index (χ1) is 6.63. The Hall–Kier alpha value is -1.75. The van der Waals surface area contributed by atoms with Crippen LogP contribution in [0, 0.1) is 0 Å². The number of anilines is 2. The summed E-state index contributed by atoms with van der Waals surface area (Å²) in [6, 6.07) is 6.48. The zero-order valence-corrected chi connectivity index (χ0v) is 8.27. The van der Waals surface area contributed by atoms with Crippen LogP contribution >= 0.6 is 0 Å². The van der Waals surface area contributed by atoms with Gasteiger partial charge >= 0.3 is 6.09 Å². The molecule has 0 saturated carbocycles. The summed E-state index contributed by atoms with van der Waals surface area (Å²) in [5.74, 6) is 5.19. The van der Waals surface area contributed by atoms with E-state index in [1.807, 2.05) is 13.8 Å². The summed E-state index contributed by atoms with van der Waals surface area (Å²) in [6.07, 6.45) is -1.24. The Balaban J connectivity index is 0.000000791. The van der Waals surface area contributed by atoms with Crippen molar-refractivity contribution in [2.45, 2.75) is 13.8 Å². The molecule has 0 heterocycles. The number of rotatable bonds is 1. The summed E-state index contributed by atoms with van der Waals surface area (Å²) in [5, 5.41) is 9.08. The van der Waals surface area contributed by atoms with Gasteiger partial charge in [-0.2, -0.15) is 0 Å². The van der Waals surface area contributed by atoms with Gasteiger partial charge < -0.3 is 10.8 Å². The SMILES string of the molecule is CC.Nc1ccccc1N(N)C(=O)O. The molecule has 5 heteroatoms. The van der Waals surface area contributed by atoms with Crippen LogP contribution in [-0.2, 0) is 0 Å². The van der Waals surface area contributed by atoms with Gasteiger partial charge in [0.2, 0.25) is 0 Å². The third-order valence-electron chi connectivity index (χ3n) is 1.40. The third-order valence-corrected chi connectivity index (χ3v) is 1.40. The molecule has 0 aliphatic heterocycles. The lowest BCUT2D eigenvalue weighted by molar-refractivity contribution is 0.202. The average molecular weight is 197 g/mol. The third kappa shape index (κ3) is 2.95. The maximum absolute atomic E-state index is 10.4. The van der Waals surface area contributed by atoms with Crippen LogP contribution in [0.3, 0.4) is 0 Å². The van der Waals surface area contributed by atoms with Gasteiger partial charge in [0.1, 0.15) is 0 Å². The number of benzene rings is 1. The van der Waals surface area contributed by atoms with E-state index in [1.165, 1.54) is 6.07 Å². The number of para-hydroxylation sites is 2. The molecule has 1 amide bonds. The van der Waals surface area contributed by atoms with E-state index in [0.717, 1.165) is 0 Å². The number of nitrogen functional groups attached to an aromatic ring is 1. The lowest BCUT2D eigenvalue weighted by atomic mass is 10.3. The Morgan fingerprint density at radius 3 is 2.29 bits per heavy atom. The van der Waals surface area contributed by atoms with Crippen LogP contribution in [-0.4, -0.2) is 11.2 Å². The number of carboxylic acid groups (broad SMARTS) is 1. The Bertz CT molecular complexity index is 302. The second-order valence-electron chi connectivity index (χ2n) is 2.21. The van der Waals surface area contributed by atoms with E-state index in [9.17, 15) is 4.79 Å². The molecule has 0 aliphatic carbocycles. The van der Waals surface area contributed by atoms with Crippen molar-refractivity contribution in [2.75, 3.05) is 10.7 Å². The van der Waals surface area contributed by atoms with E-state index in [0.29, 0.717) is 10.7 Å². The molecule has 0 bridgehead atoms. The second kappa shape index (κ2) is 5.82. The fraction of sp³-hybridized carbons (Fsp3) is 0.222. The number of hydrogen-bond donors (Lipinski definition) is 3. The van der Waals surface area contributed by atoms with Gasteiger partial charge in [-0.15, -0.1) is 0 Å². The Kier molecular flexibility index (Phi) is 5.09. The minimum atomic E-state index is -1.24. The maximum atomic E-state index is 10.4. The van der Waals surface area contributed by atoms with Crippen molar-refractivity contribution in [1.82, 2.24) is 0 Å². The van der Waals surface area contributed by atoms with E-state index in [4.69, 9.17) is 16.7 Å². The number of hydrogen-bond acceptors (Lipinski definition) is 3. The monoisotopic (exact) mass is 197 g/mol. The summed E-state index contributed by atoms with van der Waals surface area (Å²) in [4.78, 5) is 10.4. The normalized spacial score (nSPS) is 8.50. The Morgan fingerprint density at radius 1 is 1.36 bits per heavy atom. The molecule has 0 aliphatic rings. The van der Waals surface area contributed by atoms with Crippen molar-refractivity contribution in [2.24, 2.45) is 5.84 Å². The van der Waals surface area contributed by atoms with Crippen molar-refractivity contribution in [3.05, 3.63) is 24.3 Å². The predicted molar refractivity (Wildman–Crippen MR) is 56.9 cm³/mol. The van der Waals surface area contributed by atoms with Crippen molar-refractivity contribution in [1.29, 1.82) is 0 Å². The first kappa shape index (κ1) is 12.2. The van der Waals surface area contributed by atoms with Crippen LogP contribution in [0.5, 0.6) is 0 Å². The van der Waals surface area contributed by atoms with Crippen molar-refractivity contribution >= 4 is 17.5 Å². The second-order valence-corrected chi connectivity index (χ2v) is 2.21. The van der Waals surface area contributed by atoms with Crippen LogP contribution in [0.1, 0.15) is 13.8 Å². The molecule has 1 rings (SSSR count). The van der Waals surface area contributed by atoms with E-state index in [2.05, 4.69) is 0 Å². The smallest absolute Gasteiger partial charge is 0.426 e. The number of carbonyl (C=O) groups is 1. The summed E-state index contributed by atoms with van der Waals surface area (Å²) in [5.41, 5.74) is 6.09. The van der Waals surface area contributed by atoms with E-state index in [-0.39, 0.29) is 5.69 Å². The molecule has 0 aromatic heterocycles. The fourth-order valence-corrected chi connectivity index (χ4v) is 0.810. The molecule has 0 atom stereocenters. The lowest BCUT2D eigenvalue weighted by Crippen LogP contribution is -2.36. The van der Waals surface area contributed by atoms with Gasteiger partial charge in [0.15, 0.2) is 0 Å². The highest BCUT2D eigenvalue weighted by Crippen LogP contribution is 2.19. The molecule has 0 radical (unpaired) electrons. The van der Waals surface area contributed by atoms with Crippen molar-refractivity contribution in [3.8, 4) is 0 Å². The number of amides is 1. The summed E-state index contributed by atoms with van der Waals surface area (Å²) in [6.45, 7) is 4.00. The summed E-state index contributed by atoms with van der Waals surface area (Å²) in [7, 11) is 0. The highest BCUT2D eigenvalue weighted by Gasteiger charge is 2.10. The largest absolute Gasteiger partial charge is 0.464 e.